The van der Waals surface area contributed by atoms with Crippen LogP contribution in [0.15, 0.2) is 36.7 Å². The van der Waals surface area contributed by atoms with E-state index in [9.17, 15) is 9.59 Å². The molecule has 1 spiro atoms. The molecule has 0 unspecified atom stereocenters. The van der Waals surface area contributed by atoms with Crippen molar-refractivity contribution in [2.45, 2.75) is 50.3 Å². The number of carbonyl (C=O) groups is 2. The molecule has 6 rings (SSSR count). The summed E-state index contributed by atoms with van der Waals surface area (Å²) in [6, 6.07) is 9.68. The van der Waals surface area contributed by atoms with Crippen molar-refractivity contribution in [3.05, 3.63) is 53.1 Å². The van der Waals surface area contributed by atoms with Gasteiger partial charge in [0.15, 0.2) is 6.10 Å². The fraction of sp³-hybridized carbons (Fsp3) is 0.444. The Balaban J connectivity index is 1.28. The van der Waals surface area contributed by atoms with E-state index in [1.165, 1.54) is 0 Å². The first-order valence-electron chi connectivity index (χ1n) is 12.8. The second-order valence-corrected chi connectivity index (χ2v) is 10.4. The van der Waals surface area contributed by atoms with E-state index in [-0.39, 0.29) is 24.6 Å². The van der Waals surface area contributed by atoms with Gasteiger partial charge in [-0.2, -0.15) is 5.26 Å². The van der Waals surface area contributed by atoms with Crippen LogP contribution in [0.5, 0.6) is 0 Å². The topological polar surface area (TPSA) is 114 Å². The molecular formula is C27H27ClN6O4. The molecule has 0 aliphatic carbocycles. The van der Waals surface area contributed by atoms with Crippen LogP contribution in [-0.4, -0.2) is 63.8 Å². The Bertz CT molecular complexity index is 1440. The minimum Gasteiger partial charge on any atom is -0.441 e. The van der Waals surface area contributed by atoms with Gasteiger partial charge in [0.05, 0.1) is 54.2 Å². The fourth-order valence-corrected chi connectivity index (χ4v) is 5.85. The number of likely N-dealkylation sites (tertiary alicyclic amines) is 1. The number of fused-ring (bicyclic) bond motifs is 3. The summed E-state index contributed by atoms with van der Waals surface area (Å²) in [5, 5.41) is 9.64. The summed E-state index contributed by atoms with van der Waals surface area (Å²) in [5.74, 6) is 0.721. The van der Waals surface area contributed by atoms with Crippen molar-refractivity contribution in [3.63, 3.8) is 0 Å². The molecule has 11 heteroatoms. The van der Waals surface area contributed by atoms with Gasteiger partial charge in [-0.3, -0.25) is 9.78 Å². The lowest BCUT2D eigenvalue weighted by Crippen LogP contribution is -2.51. The number of aryl methyl sites for hydroxylation is 1. The third kappa shape index (κ3) is 4.16. The van der Waals surface area contributed by atoms with E-state index in [0.717, 1.165) is 28.1 Å². The number of ether oxygens (including phenoxy) is 2. The highest BCUT2D eigenvalue weighted by atomic mass is 35.5. The lowest BCUT2D eigenvalue weighted by atomic mass is 9.74. The highest BCUT2D eigenvalue weighted by molar-refractivity contribution is 6.31. The predicted molar refractivity (Wildman–Crippen MR) is 139 cm³/mol. The fourth-order valence-electron chi connectivity index (χ4n) is 5.68. The maximum atomic E-state index is 14.1. The normalized spacial score (nSPS) is 18.5. The van der Waals surface area contributed by atoms with Crippen molar-refractivity contribution in [2.75, 3.05) is 31.2 Å². The molecule has 3 aromatic rings. The summed E-state index contributed by atoms with van der Waals surface area (Å²) in [7, 11) is 0. The number of imidazole rings is 1. The first-order valence-corrected chi connectivity index (χ1v) is 13.2. The molecule has 2 aromatic heterocycles. The molecule has 0 radical (unpaired) electrons. The number of amides is 2. The molecule has 3 aliphatic heterocycles. The van der Waals surface area contributed by atoms with Crippen molar-refractivity contribution >= 4 is 40.3 Å². The van der Waals surface area contributed by atoms with E-state index in [0.29, 0.717) is 63.6 Å². The number of aromatic nitrogens is 3. The van der Waals surface area contributed by atoms with E-state index in [4.69, 9.17) is 31.3 Å². The molecule has 1 aromatic carbocycles. The summed E-state index contributed by atoms with van der Waals surface area (Å²) < 4.78 is 12.6. The predicted octanol–water partition coefficient (Wildman–Crippen LogP) is 3.80. The van der Waals surface area contributed by atoms with Gasteiger partial charge in [0.25, 0.3) is 0 Å². The molecule has 196 valence electrons. The number of pyridine rings is 1. The summed E-state index contributed by atoms with van der Waals surface area (Å²) in [6.45, 7) is 2.61. The Labute approximate surface area is 224 Å². The molecule has 0 bridgehead atoms. The zero-order valence-electron chi connectivity index (χ0n) is 20.8. The van der Waals surface area contributed by atoms with E-state index >= 15 is 0 Å². The maximum absolute atomic E-state index is 14.1. The Morgan fingerprint density at radius 1 is 1.26 bits per heavy atom. The van der Waals surface area contributed by atoms with Gasteiger partial charge in [-0.1, -0.05) is 11.6 Å². The monoisotopic (exact) mass is 534 g/mol. The molecule has 2 saturated heterocycles. The van der Waals surface area contributed by atoms with E-state index in [1.807, 2.05) is 24.3 Å². The SMILES string of the molecule is N#CCCCn1c(CN2C(=O)C3(CCN(C(=O)OC4COC4)CC3)c3ccncc32)nc2cc(Cl)ccc21. The van der Waals surface area contributed by atoms with Crippen LogP contribution in [0.1, 0.15) is 37.1 Å². The largest absolute Gasteiger partial charge is 0.441 e. The Hall–Kier alpha value is -3.68. The van der Waals surface area contributed by atoms with Gasteiger partial charge >= 0.3 is 6.09 Å². The molecule has 0 atom stereocenters. The lowest BCUT2D eigenvalue weighted by molar-refractivity contribution is -0.125. The van der Waals surface area contributed by atoms with Crippen LogP contribution in [0, 0.1) is 11.3 Å². The quantitative estimate of drug-likeness (QED) is 0.442. The molecule has 2 amide bonds. The van der Waals surface area contributed by atoms with Gasteiger partial charge in [-0.25, -0.2) is 9.78 Å². The number of halogens is 1. The van der Waals surface area contributed by atoms with Crippen LogP contribution in [-0.2, 0) is 32.8 Å². The molecule has 3 aliphatic rings. The van der Waals surface area contributed by atoms with Gasteiger partial charge in [0.1, 0.15) is 5.82 Å². The first-order chi connectivity index (χ1) is 18.5. The third-order valence-electron chi connectivity index (χ3n) is 7.77. The van der Waals surface area contributed by atoms with Gasteiger partial charge in [-0.05, 0) is 49.1 Å². The number of hydrogen-bond acceptors (Lipinski definition) is 7. The highest BCUT2D eigenvalue weighted by Gasteiger charge is 2.53. The van der Waals surface area contributed by atoms with Crippen molar-refractivity contribution in [3.8, 4) is 6.07 Å². The maximum Gasteiger partial charge on any atom is 0.410 e. The van der Waals surface area contributed by atoms with Crippen molar-refractivity contribution in [2.24, 2.45) is 0 Å². The molecule has 0 saturated carbocycles. The molecule has 2 fully saturated rings. The van der Waals surface area contributed by atoms with Crippen LogP contribution < -0.4 is 4.90 Å². The second-order valence-electron chi connectivity index (χ2n) is 9.97. The Kier molecular flexibility index (Phi) is 6.41. The molecule has 5 heterocycles. The number of piperidine rings is 1. The minimum atomic E-state index is -0.727. The summed E-state index contributed by atoms with van der Waals surface area (Å²) in [4.78, 5) is 39.3. The number of rotatable bonds is 6. The van der Waals surface area contributed by atoms with Crippen LogP contribution >= 0.6 is 11.6 Å². The smallest absolute Gasteiger partial charge is 0.410 e. The summed E-state index contributed by atoms with van der Waals surface area (Å²) in [5.41, 5.74) is 2.65. The lowest BCUT2D eigenvalue weighted by Gasteiger charge is -2.39. The minimum absolute atomic E-state index is 0.00502. The standard InChI is InChI=1S/C27H27ClN6O4/c28-18-3-4-22-21(13-18)31-24(33(22)10-2-1-8-29)15-34-23-14-30-9-5-20(23)27(25(34)35)6-11-32(12-7-27)26(36)38-19-16-37-17-19/h3-5,9,13-14,19H,1-2,6-7,10-12,15-17H2. The second kappa shape index (κ2) is 9.89. The van der Waals surface area contributed by atoms with E-state index in [1.54, 1.807) is 22.2 Å². The molecule has 10 nitrogen and oxygen atoms in total. The zero-order valence-corrected chi connectivity index (χ0v) is 21.6. The van der Waals surface area contributed by atoms with Crippen LogP contribution in [0.3, 0.4) is 0 Å². The first kappa shape index (κ1) is 24.6. The zero-order chi connectivity index (χ0) is 26.3. The average Bonchev–Trinajstić information content (AvgIpc) is 3.35. The van der Waals surface area contributed by atoms with E-state index < -0.39 is 5.41 Å². The Morgan fingerprint density at radius 3 is 2.82 bits per heavy atom. The average molecular weight is 535 g/mol. The molecular weight excluding hydrogens is 508 g/mol. The number of hydrogen-bond donors (Lipinski definition) is 0. The van der Waals surface area contributed by atoms with Crippen LogP contribution in [0.2, 0.25) is 5.02 Å². The van der Waals surface area contributed by atoms with E-state index in [2.05, 4.69) is 15.6 Å². The van der Waals surface area contributed by atoms with Gasteiger partial charge in [0.2, 0.25) is 5.91 Å². The van der Waals surface area contributed by atoms with Gasteiger partial charge in [-0.15, -0.1) is 0 Å². The molecule has 38 heavy (non-hydrogen) atoms. The number of carbonyl (C=O) groups excluding carboxylic acids is 2. The number of nitriles is 1. The third-order valence-corrected chi connectivity index (χ3v) is 8.01. The molecule has 0 N–H and O–H groups in total. The summed E-state index contributed by atoms with van der Waals surface area (Å²) >= 11 is 6.23. The van der Waals surface area contributed by atoms with Crippen molar-refractivity contribution < 1.29 is 19.1 Å². The van der Waals surface area contributed by atoms with Crippen LogP contribution in [0.4, 0.5) is 10.5 Å². The van der Waals surface area contributed by atoms with Crippen molar-refractivity contribution in [1.29, 1.82) is 5.26 Å². The van der Waals surface area contributed by atoms with Gasteiger partial charge in [0, 0.05) is 37.3 Å². The van der Waals surface area contributed by atoms with Crippen molar-refractivity contribution in [1.82, 2.24) is 19.4 Å². The van der Waals surface area contributed by atoms with Gasteiger partial charge < -0.3 is 23.8 Å². The highest BCUT2D eigenvalue weighted by Crippen LogP contribution is 2.48. The number of benzene rings is 1. The number of anilines is 1. The Morgan fingerprint density at radius 2 is 2.08 bits per heavy atom. The number of nitrogens with zero attached hydrogens (tertiary/aromatic N) is 6. The van der Waals surface area contributed by atoms with Crippen LogP contribution in [0.25, 0.3) is 11.0 Å². The number of unbranched alkanes of at least 4 members (excludes halogenated alkanes) is 1. The summed E-state index contributed by atoms with van der Waals surface area (Å²) in [6.07, 6.45) is 5.02.